The standard InChI is InChI=1S/C30H26O5/c1-19-5-6-24(17-20(19)2)25-11-16-28(21(3)18-25)35-30(32)23-9-14-27(15-10-23)34-26-12-7-22(8-13-26)29(31)33-4/h5-18H,1-4H3. The summed E-state index contributed by atoms with van der Waals surface area (Å²) in [5.74, 6) is 0.790. The molecular formula is C30H26O5. The molecule has 4 rings (SSSR count). The van der Waals surface area contributed by atoms with E-state index >= 15 is 0 Å². The van der Waals surface area contributed by atoms with E-state index in [-0.39, 0.29) is 0 Å². The van der Waals surface area contributed by atoms with Gasteiger partial charge >= 0.3 is 11.9 Å². The summed E-state index contributed by atoms with van der Waals surface area (Å²) >= 11 is 0. The van der Waals surface area contributed by atoms with Crippen molar-refractivity contribution in [2.24, 2.45) is 0 Å². The van der Waals surface area contributed by atoms with Crippen LogP contribution in [0.2, 0.25) is 0 Å². The van der Waals surface area contributed by atoms with Gasteiger partial charge in [0.05, 0.1) is 18.2 Å². The summed E-state index contributed by atoms with van der Waals surface area (Å²) in [4.78, 5) is 24.2. The van der Waals surface area contributed by atoms with Crippen LogP contribution in [0.5, 0.6) is 17.2 Å². The second-order valence-corrected chi connectivity index (χ2v) is 8.31. The minimum atomic E-state index is -0.444. The van der Waals surface area contributed by atoms with Crippen molar-refractivity contribution < 1.29 is 23.8 Å². The largest absolute Gasteiger partial charge is 0.465 e. The van der Waals surface area contributed by atoms with Gasteiger partial charge in [0.25, 0.3) is 0 Å². The minimum absolute atomic E-state index is 0.408. The Kier molecular flexibility index (Phi) is 6.97. The van der Waals surface area contributed by atoms with Crippen LogP contribution in [0.15, 0.2) is 84.9 Å². The van der Waals surface area contributed by atoms with E-state index in [1.54, 1.807) is 48.5 Å². The summed E-state index contributed by atoms with van der Waals surface area (Å²) < 4.78 is 16.1. The van der Waals surface area contributed by atoms with Gasteiger partial charge in [0, 0.05) is 0 Å². The van der Waals surface area contributed by atoms with Gasteiger partial charge in [-0.15, -0.1) is 0 Å². The van der Waals surface area contributed by atoms with Gasteiger partial charge in [-0.25, -0.2) is 9.59 Å². The van der Waals surface area contributed by atoms with Crippen LogP contribution in [0.4, 0.5) is 0 Å². The first-order valence-electron chi connectivity index (χ1n) is 11.2. The van der Waals surface area contributed by atoms with Gasteiger partial charge in [-0.05, 0) is 109 Å². The lowest BCUT2D eigenvalue weighted by molar-refractivity contribution is 0.0600. The molecule has 4 aromatic rings. The van der Waals surface area contributed by atoms with E-state index in [9.17, 15) is 9.59 Å². The van der Waals surface area contributed by atoms with Crippen LogP contribution in [0, 0.1) is 20.8 Å². The van der Waals surface area contributed by atoms with Crippen LogP contribution in [0.3, 0.4) is 0 Å². The molecule has 0 heterocycles. The third-order valence-corrected chi connectivity index (χ3v) is 5.82. The van der Waals surface area contributed by atoms with Crippen molar-refractivity contribution in [3.8, 4) is 28.4 Å². The van der Waals surface area contributed by atoms with Gasteiger partial charge in [-0.2, -0.15) is 0 Å². The van der Waals surface area contributed by atoms with Crippen molar-refractivity contribution in [1.82, 2.24) is 0 Å². The highest BCUT2D eigenvalue weighted by molar-refractivity contribution is 5.91. The number of aryl methyl sites for hydroxylation is 3. The highest BCUT2D eigenvalue weighted by atomic mass is 16.5. The van der Waals surface area contributed by atoms with E-state index in [1.165, 1.54) is 18.2 Å². The van der Waals surface area contributed by atoms with Crippen molar-refractivity contribution in [2.45, 2.75) is 20.8 Å². The molecule has 0 spiro atoms. The van der Waals surface area contributed by atoms with Crippen molar-refractivity contribution >= 4 is 11.9 Å². The van der Waals surface area contributed by atoms with Crippen molar-refractivity contribution in [2.75, 3.05) is 7.11 Å². The molecule has 35 heavy (non-hydrogen) atoms. The average Bonchev–Trinajstić information content (AvgIpc) is 2.87. The molecule has 0 aliphatic carbocycles. The molecule has 0 saturated heterocycles. The first-order valence-corrected chi connectivity index (χ1v) is 11.2. The molecule has 0 aromatic heterocycles. The number of hydrogen-bond donors (Lipinski definition) is 0. The molecule has 176 valence electrons. The average molecular weight is 467 g/mol. The summed E-state index contributed by atoms with van der Waals surface area (Å²) in [7, 11) is 1.34. The molecule has 0 fully saturated rings. The molecule has 0 bridgehead atoms. The lowest BCUT2D eigenvalue weighted by Crippen LogP contribution is -2.09. The number of ether oxygens (including phenoxy) is 3. The van der Waals surface area contributed by atoms with Crippen LogP contribution >= 0.6 is 0 Å². The first-order chi connectivity index (χ1) is 16.8. The fourth-order valence-corrected chi connectivity index (χ4v) is 3.60. The van der Waals surface area contributed by atoms with Crippen LogP contribution in [0.1, 0.15) is 37.4 Å². The van der Waals surface area contributed by atoms with Crippen LogP contribution in [-0.2, 0) is 4.74 Å². The number of benzene rings is 4. The number of carbonyl (C=O) groups is 2. The number of rotatable bonds is 6. The molecule has 0 unspecified atom stereocenters. The Morgan fingerprint density at radius 3 is 1.60 bits per heavy atom. The molecule has 0 atom stereocenters. The Hall–Kier alpha value is -4.38. The van der Waals surface area contributed by atoms with Crippen LogP contribution < -0.4 is 9.47 Å². The predicted molar refractivity (Wildman–Crippen MR) is 135 cm³/mol. The van der Waals surface area contributed by atoms with E-state index in [1.807, 2.05) is 25.1 Å². The van der Waals surface area contributed by atoms with Crippen molar-refractivity contribution in [1.29, 1.82) is 0 Å². The van der Waals surface area contributed by atoms with E-state index < -0.39 is 11.9 Å². The van der Waals surface area contributed by atoms with E-state index in [0.717, 1.165) is 16.7 Å². The number of hydrogen-bond acceptors (Lipinski definition) is 5. The second-order valence-electron chi connectivity index (χ2n) is 8.31. The Balaban J connectivity index is 1.41. The Labute approximate surface area is 204 Å². The molecule has 0 aliphatic rings. The van der Waals surface area contributed by atoms with E-state index in [0.29, 0.717) is 28.4 Å². The topological polar surface area (TPSA) is 61.8 Å². The van der Waals surface area contributed by atoms with Gasteiger partial charge < -0.3 is 14.2 Å². The third-order valence-electron chi connectivity index (χ3n) is 5.82. The maximum Gasteiger partial charge on any atom is 0.343 e. The molecule has 5 nitrogen and oxygen atoms in total. The van der Waals surface area contributed by atoms with Crippen LogP contribution in [-0.4, -0.2) is 19.0 Å². The summed E-state index contributed by atoms with van der Waals surface area (Å²) in [5, 5.41) is 0. The summed E-state index contributed by atoms with van der Waals surface area (Å²) in [6.07, 6.45) is 0. The van der Waals surface area contributed by atoms with Crippen molar-refractivity contribution in [3.05, 3.63) is 113 Å². The van der Waals surface area contributed by atoms with E-state index in [2.05, 4.69) is 32.0 Å². The number of methoxy groups -OCH3 is 1. The fourth-order valence-electron chi connectivity index (χ4n) is 3.60. The van der Waals surface area contributed by atoms with Gasteiger partial charge in [0.2, 0.25) is 0 Å². The van der Waals surface area contributed by atoms with Gasteiger partial charge in [-0.3, -0.25) is 0 Å². The summed E-state index contributed by atoms with van der Waals surface area (Å²) in [6, 6.07) is 25.5. The first kappa shape index (κ1) is 23.8. The zero-order chi connectivity index (χ0) is 24.9. The maximum atomic E-state index is 12.7. The van der Waals surface area contributed by atoms with Gasteiger partial charge in [0.15, 0.2) is 0 Å². The third kappa shape index (κ3) is 5.58. The fraction of sp³-hybridized carbons (Fsp3) is 0.133. The maximum absolute atomic E-state index is 12.7. The highest BCUT2D eigenvalue weighted by Crippen LogP contribution is 2.28. The molecule has 0 radical (unpaired) electrons. The van der Waals surface area contributed by atoms with Crippen molar-refractivity contribution in [3.63, 3.8) is 0 Å². The normalized spacial score (nSPS) is 10.5. The van der Waals surface area contributed by atoms with Gasteiger partial charge in [-0.1, -0.05) is 24.3 Å². The second kappa shape index (κ2) is 10.3. The molecule has 0 N–H and O–H groups in total. The summed E-state index contributed by atoms with van der Waals surface area (Å²) in [5.41, 5.74) is 6.43. The predicted octanol–water partition coefficient (Wildman–Crippen LogP) is 7.08. The number of carbonyl (C=O) groups excluding carboxylic acids is 2. The Morgan fingerprint density at radius 2 is 1.09 bits per heavy atom. The lowest BCUT2D eigenvalue weighted by atomic mass is 9.99. The summed E-state index contributed by atoms with van der Waals surface area (Å²) in [6.45, 7) is 6.11. The molecule has 0 amide bonds. The number of esters is 2. The molecule has 0 aliphatic heterocycles. The van der Waals surface area contributed by atoms with E-state index in [4.69, 9.17) is 14.2 Å². The smallest absolute Gasteiger partial charge is 0.343 e. The quantitative estimate of drug-likeness (QED) is 0.224. The Morgan fingerprint density at radius 1 is 0.571 bits per heavy atom. The molecule has 5 heteroatoms. The lowest BCUT2D eigenvalue weighted by Gasteiger charge is -2.11. The zero-order valence-electron chi connectivity index (χ0n) is 20.1. The molecule has 4 aromatic carbocycles. The zero-order valence-corrected chi connectivity index (χ0v) is 20.1. The minimum Gasteiger partial charge on any atom is -0.465 e. The Bertz CT molecular complexity index is 1370. The monoisotopic (exact) mass is 466 g/mol. The highest BCUT2D eigenvalue weighted by Gasteiger charge is 2.12. The molecular weight excluding hydrogens is 440 g/mol. The molecule has 0 saturated carbocycles. The van der Waals surface area contributed by atoms with Crippen LogP contribution in [0.25, 0.3) is 11.1 Å². The van der Waals surface area contributed by atoms with Gasteiger partial charge in [0.1, 0.15) is 17.2 Å². The SMILES string of the molecule is COC(=O)c1ccc(Oc2ccc(C(=O)Oc3ccc(-c4ccc(C)c(C)c4)cc3C)cc2)cc1.